The number of halogens is 1. The van der Waals surface area contributed by atoms with Gasteiger partial charge in [-0.15, -0.1) is 0 Å². The molecule has 0 spiro atoms. The molecule has 1 amide bonds. The summed E-state index contributed by atoms with van der Waals surface area (Å²) in [5.41, 5.74) is 2.57. The highest BCUT2D eigenvalue weighted by Crippen LogP contribution is 2.25. The number of piperidine rings is 1. The molecule has 0 bridgehead atoms. The number of aromatic nitrogens is 2. The van der Waals surface area contributed by atoms with E-state index in [0.717, 1.165) is 55.1 Å². The minimum atomic E-state index is -0.279. The molecule has 152 valence electrons. The number of rotatable bonds is 6. The highest BCUT2D eigenvalue weighted by molar-refractivity contribution is 5.79. The second-order valence-electron chi connectivity index (χ2n) is 7.63. The summed E-state index contributed by atoms with van der Waals surface area (Å²) in [5, 5.41) is 7.09. The van der Waals surface area contributed by atoms with E-state index >= 15 is 0 Å². The zero-order valence-electron chi connectivity index (χ0n) is 16.5. The van der Waals surface area contributed by atoms with Gasteiger partial charge in [-0.2, -0.15) is 5.10 Å². The Balaban J connectivity index is 1.40. The molecular weight excluding hydrogens is 371 g/mol. The van der Waals surface area contributed by atoms with Gasteiger partial charge in [-0.25, -0.2) is 4.39 Å². The van der Waals surface area contributed by atoms with E-state index in [-0.39, 0.29) is 17.6 Å². The maximum absolute atomic E-state index is 13.2. The summed E-state index contributed by atoms with van der Waals surface area (Å²) in [7, 11) is 1.83. The van der Waals surface area contributed by atoms with Gasteiger partial charge < -0.3 is 9.32 Å². The van der Waals surface area contributed by atoms with Gasteiger partial charge in [0.1, 0.15) is 11.6 Å². The van der Waals surface area contributed by atoms with Crippen LogP contribution in [-0.2, 0) is 17.9 Å². The third-order valence-corrected chi connectivity index (χ3v) is 5.45. The fourth-order valence-corrected chi connectivity index (χ4v) is 3.97. The van der Waals surface area contributed by atoms with Crippen LogP contribution in [0.3, 0.4) is 0 Å². The van der Waals surface area contributed by atoms with Crippen LogP contribution in [-0.4, -0.2) is 46.0 Å². The lowest BCUT2D eigenvalue weighted by molar-refractivity contribution is -0.136. The minimum absolute atomic E-state index is 0.0233. The number of carbonyl (C=O) groups excluding carboxylic acids is 1. The van der Waals surface area contributed by atoms with Gasteiger partial charge in [0.05, 0.1) is 30.6 Å². The summed E-state index contributed by atoms with van der Waals surface area (Å²) >= 11 is 0. The number of carbonyl (C=O) groups is 1. The van der Waals surface area contributed by atoms with Gasteiger partial charge in [-0.05, 0) is 55.8 Å². The molecule has 1 fully saturated rings. The molecule has 1 saturated heterocycles. The number of nitrogens with one attached hydrogen (secondary N) is 1. The van der Waals surface area contributed by atoms with Crippen LogP contribution in [0, 0.1) is 11.7 Å². The number of nitrogens with zero attached hydrogens (tertiary/aromatic N) is 3. The van der Waals surface area contributed by atoms with Crippen LogP contribution in [0.1, 0.15) is 24.2 Å². The number of hydrogen-bond donors (Lipinski definition) is 1. The van der Waals surface area contributed by atoms with Crippen molar-refractivity contribution in [1.29, 1.82) is 0 Å². The lowest BCUT2D eigenvalue weighted by atomic mass is 9.96. The second-order valence-corrected chi connectivity index (χ2v) is 7.63. The fraction of sp³-hybridized carbons (Fsp3) is 0.364. The molecule has 1 unspecified atom stereocenters. The molecule has 1 aliphatic heterocycles. The lowest BCUT2D eigenvalue weighted by Crippen LogP contribution is -2.43. The molecule has 0 radical (unpaired) electrons. The number of benzene rings is 1. The average molecular weight is 396 g/mol. The Bertz CT molecular complexity index is 936. The van der Waals surface area contributed by atoms with Crippen molar-refractivity contribution in [2.45, 2.75) is 25.9 Å². The topological polar surface area (TPSA) is 65.4 Å². The maximum Gasteiger partial charge on any atom is 0.227 e. The molecule has 7 heteroatoms. The smallest absolute Gasteiger partial charge is 0.227 e. The summed E-state index contributed by atoms with van der Waals surface area (Å²) in [6.45, 7) is 2.90. The van der Waals surface area contributed by atoms with Crippen LogP contribution >= 0.6 is 0 Å². The monoisotopic (exact) mass is 396 g/mol. The Morgan fingerprint density at radius 3 is 2.93 bits per heavy atom. The quantitative estimate of drug-likeness (QED) is 0.690. The van der Waals surface area contributed by atoms with E-state index in [0.29, 0.717) is 6.54 Å². The fourth-order valence-electron chi connectivity index (χ4n) is 3.97. The van der Waals surface area contributed by atoms with Crippen LogP contribution < -0.4 is 0 Å². The highest BCUT2D eigenvalue weighted by atomic mass is 19.1. The molecule has 29 heavy (non-hydrogen) atoms. The van der Waals surface area contributed by atoms with Crippen LogP contribution in [0.2, 0.25) is 0 Å². The van der Waals surface area contributed by atoms with E-state index in [2.05, 4.69) is 15.1 Å². The summed E-state index contributed by atoms with van der Waals surface area (Å²) in [6.07, 6.45) is 5.30. The molecule has 6 nitrogen and oxygen atoms in total. The van der Waals surface area contributed by atoms with Crippen molar-refractivity contribution in [2.75, 3.05) is 20.1 Å². The summed E-state index contributed by atoms with van der Waals surface area (Å²) in [5.74, 6) is 0.762. The average Bonchev–Trinajstić information content (AvgIpc) is 3.40. The standard InChI is InChI=1S/C22H25FN4O2/c1-26(13-18-12-24-25-21(18)16-6-8-19(23)9-7-16)22(28)17-4-2-10-27(14-17)15-20-5-3-11-29-20/h3,5-9,11-12,17H,2,4,10,13-15H2,1H3,(H,24,25). The van der Waals surface area contributed by atoms with Crippen molar-refractivity contribution in [1.82, 2.24) is 20.0 Å². The highest BCUT2D eigenvalue weighted by Gasteiger charge is 2.28. The summed E-state index contributed by atoms with van der Waals surface area (Å²) < 4.78 is 18.7. The number of furan rings is 1. The lowest BCUT2D eigenvalue weighted by Gasteiger charge is -2.33. The molecule has 1 aromatic carbocycles. The first kappa shape index (κ1) is 19.4. The first-order valence-electron chi connectivity index (χ1n) is 9.88. The van der Waals surface area contributed by atoms with E-state index in [9.17, 15) is 9.18 Å². The molecule has 3 heterocycles. The Morgan fingerprint density at radius 2 is 2.17 bits per heavy atom. The third-order valence-electron chi connectivity index (χ3n) is 5.45. The summed E-state index contributed by atoms with van der Waals surface area (Å²) in [4.78, 5) is 17.1. The Kier molecular flexibility index (Phi) is 5.76. The molecule has 1 N–H and O–H groups in total. The van der Waals surface area contributed by atoms with Crippen molar-refractivity contribution < 1.29 is 13.6 Å². The zero-order chi connectivity index (χ0) is 20.2. The Morgan fingerprint density at radius 1 is 1.34 bits per heavy atom. The van der Waals surface area contributed by atoms with E-state index in [1.807, 2.05) is 19.2 Å². The van der Waals surface area contributed by atoms with Gasteiger partial charge >= 0.3 is 0 Å². The number of likely N-dealkylation sites (tertiary alicyclic amines) is 1. The molecule has 4 rings (SSSR count). The van der Waals surface area contributed by atoms with Crippen LogP contribution in [0.15, 0.2) is 53.3 Å². The van der Waals surface area contributed by atoms with Crippen molar-refractivity contribution in [3.8, 4) is 11.3 Å². The number of amides is 1. The molecule has 0 aliphatic carbocycles. The van der Waals surface area contributed by atoms with E-state index < -0.39 is 0 Å². The predicted octanol–water partition coefficient (Wildman–Crippen LogP) is 3.68. The Labute approximate surface area is 169 Å². The normalized spacial score (nSPS) is 17.4. The van der Waals surface area contributed by atoms with Crippen LogP contribution in [0.25, 0.3) is 11.3 Å². The van der Waals surface area contributed by atoms with E-state index in [1.165, 1.54) is 12.1 Å². The van der Waals surface area contributed by atoms with Crippen LogP contribution in [0.4, 0.5) is 4.39 Å². The van der Waals surface area contributed by atoms with Crippen molar-refractivity contribution >= 4 is 5.91 Å². The van der Waals surface area contributed by atoms with Gasteiger partial charge in [-0.1, -0.05) is 0 Å². The van der Waals surface area contributed by atoms with Gasteiger partial charge in [0.2, 0.25) is 5.91 Å². The van der Waals surface area contributed by atoms with E-state index in [1.54, 1.807) is 29.5 Å². The molecule has 0 saturated carbocycles. The largest absolute Gasteiger partial charge is 0.468 e. The minimum Gasteiger partial charge on any atom is -0.468 e. The number of aromatic amines is 1. The van der Waals surface area contributed by atoms with Gasteiger partial charge in [-0.3, -0.25) is 14.8 Å². The van der Waals surface area contributed by atoms with Gasteiger partial charge in [0.15, 0.2) is 0 Å². The molecule has 3 aromatic rings. The Hall–Kier alpha value is -2.93. The molecule has 1 atom stereocenters. The van der Waals surface area contributed by atoms with Crippen molar-refractivity contribution in [2.24, 2.45) is 5.92 Å². The predicted molar refractivity (Wildman–Crippen MR) is 107 cm³/mol. The van der Waals surface area contributed by atoms with Crippen molar-refractivity contribution in [3.63, 3.8) is 0 Å². The van der Waals surface area contributed by atoms with Crippen LogP contribution in [0.5, 0.6) is 0 Å². The molecule has 1 aliphatic rings. The molecule has 2 aromatic heterocycles. The zero-order valence-corrected chi connectivity index (χ0v) is 16.5. The SMILES string of the molecule is CN(Cc1cn[nH]c1-c1ccc(F)cc1)C(=O)C1CCCN(Cc2ccco2)C1. The van der Waals surface area contributed by atoms with Crippen molar-refractivity contribution in [3.05, 3.63) is 66.0 Å². The number of hydrogen-bond acceptors (Lipinski definition) is 4. The van der Waals surface area contributed by atoms with Gasteiger partial charge in [0, 0.05) is 31.3 Å². The first-order valence-corrected chi connectivity index (χ1v) is 9.88. The third kappa shape index (κ3) is 4.56. The summed E-state index contributed by atoms with van der Waals surface area (Å²) in [6, 6.07) is 10.1. The van der Waals surface area contributed by atoms with Gasteiger partial charge in [0.25, 0.3) is 0 Å². The van der Waals surface area contributed by atoms with E-state index in [4.69, 9.17) is 4.42 Å². The number of H-pyrrole nitrogens is 1. The first-order chi connectivity index (χ1) is 14.1. The maximum atomic E-state index is 13.2. The molecular formula is C22H25FN4O2. The second kappa shape index (κ2) is 8.61.